The van der Waals surface area contributed by atoms with E-state index in [2.05, 4.69) is 10.6 Å². The molecular weight excluding hydrogens is 400 g/mol. The maximum Gasteiger partial charge on any atom is 0.408 e. The molecule has 2 aromatic rings. The summed E-state index contributed by atoms with van der Waals surface area (Å²) in [6.07, 6.45) is -0.135. The molecule has 2 rings (SSSR count). The number of phenols is 1. The molecule has 0 aliphatic rings. The highest BCUT2D eigenvalue weighted by Crippen LogP contribution is 2.13. The van der Waals surface area contributed by atoms with Crippen LogP contribution in [0.3, 0.4) is 0 Å². The second kappa shape index (κ2) is 11.6. The van der Waals surface area contributed by atoms with Crippen LogP contribution in [0.25, 0.3) is 0 Å². The van der Waals surface area contributed by atoms with E-state index in [1.807, 2.05) is 25.1 Å². The van der Waals surface area contributed by atoms with E-state index in [1.165, 1.54) is 12.1 Å². The first-order chi connectivity index (χ1) is 14.8. The zero-order valence-corrected chi connectivity index (χ0v) is 17.6. The van der Waals surface area contributed by atoms with Gasteiger partial charge in [-0.05, 0) is 29.2 Å². The van der Waals surface area contributed by atoms with Gasteiger partial charge in [-0.3, -0.25) is 4.79 Å². The summed E-state index contributed by atoms with van der Waals surface area (Å²) < 4.78 is 5.20. The minimum Gasteiger partial charge on any atom is -0.508 e. The number of benzene rings is 2. The molecule has 0 saturated heterocycles. The fourth-order valence-electron chi connectivity index (χ4n) is 2.92. The van der Waals surface area contributed by atoms with Gasteiger partial charge in [-0.2, -0.15) is 0 Å². The third kappa shape index (κ3) is 7.65. The van der Waals surface area contributed by atoms with Crippen LogP contribution < -0.4 is 10.6 Å². The molecule has 0 bridgehead atoms. The molecule has 166 valence electrons. The molecule has 0 saturated carbocycles. The number of aromatic hydroxyl groups is 1. The Hall–Kier alpha value is -3.55. The predicted molar refractivity (Wildman–Crippen MR) is 114 cm³/mol. The molecule has 3 atom stereocenters. The molecule has 8 nitrogen and oxygen atoms in total. The van der Waals surface area contributed by atoms with Crippen molar-refractivity contribution >= 4 is 18.0 Å². The van der Waals surface area contributed by atoms with E-state index in [1.54, 1.807) is 31.2 Å². The highest BCUT2D eigenvalue weighted by molar-refractivity contribution is 5.89. The minimum absolute atomic E-state index is 0.0326. The van der Waals surface area contributed by atoms with Gasteiger partial charge in [0.25, 0.3) is 0 Å². The van der Waals surface area contributed by atoms with E-state index in [0.29, 0.717) is 12.0 Å². The van der Waals surface area contributed by atoms with Gasteiger partial charge >= 0.3 is 12.1 Å². The molecule has 0 radical (unpaired) electrons. The van der Waals surface area contributed by atoms with E-state index < -0.39 is 30.1 Å². The normalized spacial score (nSPS) is 13.5. The molecule has 0 spiro atoms. The van der Waals surface area contributed by atoms with Crippen LogP contribution in [0, 0.1) is 5.92 Å². The molecule has 0 fully saturated rings. The van der Waals surface area contributed by atoms with Gasteiger partial charge < -0.3 is 25.6 Å². The van der Waals surface area contributed by atoms with Crippen molar-refractivity contribution in [1.29, 1.82) is 0 Å². The number of aliphatic carboxylic acids is 1. The molecule has 0 aliphatic heterocycles. The van der Waals surface area contributed by atoms with Gasteiger partial charge in [0.1, 0.15) is 24.4 Å². The summed E-state index contributed by atoms with van der Waals surface area (Å²) in [4.78, 5) is 36.8. The molecule has 4 N–H and O–H groups in total. The third-order valence-corrected chi connectivity index (χ3v) is 4.97. The van der Waals surface area contributed by atoms with Crippen LogP contribution in [-0.4, -0.2) is 40.3 Å². The highest BCUT2D eigenvalue weighted by Gasteiger charge is 2.30. The first-order valence-electron chi connectivity index (χ1n) is 10.1. The maximum atomic E-state index is 12.9. The second-order valence-electron chi connectivity index (χ2n) is 7.34. The van der Waals surface area contributed by atoms with Gasteiger partial charge in [-0.1, -0.05) is 62.7 Å². The lowest BCUT2D eigenvalue weighted by Crippen LogP contribution is -2.54. The van der Waals surface area contributed by atoms with Crippen LogP contribution in [0.4, 0.5) is 4.79 Å². The van der Waals surface area contributed by atoms with Crippen molar-refractivity contribution < 1.29 is 29.3 Å². The summed E-state index contributed by atoms with van der Waals surface area (Å²) in [5.41, 5.74) is 1.47. The van der Waals surface area contributed by atoms with Crippen LogP contribution in [0.15, 0.2) is 54.6 Å². The number of carbonyl (C=O) groups excluding carboxylic acids is 2. The summed E-state index contributed by atoms with van der Waals surface area (Å²) in [5.74, 6) is -1.99. The first-order valence-corrected chi connectivity index (χ1v) is 10.1. The molecule has 2 aromatic carbocycles. The quantitative estimate of drug-likeness (QED) is 0.461. The molecule has 0 unspecified atom stereocenters. The average Bonchev–Trinajstić information content (AvgIpc) is 2.76. The largest absolute Gasteiger partial charge is 0.508 e. The van der Waals surface area contributed by atoms with Gasteiger partial charge in [0.05, 0.1) is 0 Å². The fourth-order valence-corrected chi connectivity index (χ4v) is 2.92. The fraction of sp³-hybridized carbons (Fsp3) is 0.348. The summed E-state index contributed by atoms with van der Waals surface area (Å²) in [7, 11) is 0. The first kappa shape index (κ1) is 23.7. The van der Waals surface area contributed by atoms with Crippen LogP contribution in [0.5, 0.6) is 5.75 Å². The molecule has 31 heavy (non-hydrogen) atoms. The number of rotatable bonds is 10. The Bertz CT molecular complexity index is 869. The Morgan fingerprint density at radius 3 is 2.19 bits per heavy atom. The maximum absolute atomic E-state index is 12.9. The van der Waals surface area contributed by atoms with E-state index in [9.17, 15) is 24.6 Å². The molecular formula is C23H28N2O6. The SMILES string of the molecule is CC[C@H](C)[C@H](NC(=O)[C@H](Cc1ccc(O)cc1)NC(=O)OCc1ccccc1)C(=O)O. The minimum atomic E-state index is -1.14. The van der Waals surface area contributed by atoms with E-state index in [4.69, 9.17) is 4.74 Å². The number of alkyl carbamates (subject to hydrolysis) is 1. The average molecular weight is 428 g/mol. The van der Waals surface area contributed by atoms with Crippen molar-refractivity contribution in [2.75, 3.05) is 0 Å². The van der Waals surface area contributed by atoms with E-state index >= 15 is 0 Å². The summed E-state index contributed by atoms with van der Waals surface area (Å²) in [5, 5.41) is 24.0. The Balaban J connectivity index is 2.10. The van der Waals surface area contributed by atoms with Gasteiger partial charge in [0.2, 0.25) is 5.91 Å². The zero-order valence-electron chi connectivity index (χ0n) is 17.6. The monoisotopic (exact) mass is 428 g/mol. The summed E-state index contributed by atoms with van der Waals surface area (Å²) in [6, 6.07) is 13.1. The summed E-state index contributed by atoms with van der Waals surface area (Å²) in [6.45, 7) is 3.60. The van der Waals surface area contributed by atoms with Gasteiger partial charge in [0, 0.05) is 6.42 Å². The lowest BCUT2D eigenvalue weighted by Gasteiger charge is -2.24. The number of hydrogen-bond donors (Lipinski definition) is 4. The number of carboxylic acids is 1. The lowest BCUT2D eigenvalue weighted by molar-refractivity contribution is -0.143. The van der Waals surface area contributed by atoms with Crippen molar-refractivity contribution in [3.8, 4) is 5.75 Å². The van der Waals surface area contributed by atoms with Crippen LogP contribution in [0.2, 0.25) is 0 Å². The number of carboxylic acid groups (broad SMARTS) is 1. The number of hydrogen-bond acceptors (Lipinski definition) is 5. The zero-order chi connectivity index (χ0) is 22.8. The number of phenolic OH excluding ortho intramolecular Hbond substituents is 1. The van der Waals surface area contributed by atoms with Crippen molar-refractivity contribution in [3.63, 3.8) is 0 Å². The van der Waals surface area contributed by atoms with Gasteiger partial charge in [-0.25, -0.2) is 9.59 Å². The van der Waals surface area contributed by atoms with Crippen molar-refractivity contribution in [2.45, 2.75) is 45.4 Å². The van der Waals surface area contributed by atoms with Crippen molar-refractivity contribution in [1.82, 2.24) is 10.6 Å². The Morgan fingerprint density at radius 1 is 0.968 bits per heavy atom. The van der Waals surface area contributed by atoms with Crippen LogP contribution >= 0.6 is 0 Å². The predicted octanol–water partition coefficient (Wildman–Crippen LogP) is 2.85. The number of amides is 2. The Kier molecular flexibility index (Phi) is 8.87. The van der Waals surface area contributed by atoms with Crippen LogP contribution in [-0.2, 0) is 27.4 Å². The molecule has 8 heteroatoms. The summed E-state index contributed by atoms with van der Waals surface area (Å²) >= 11 is 0. The molecule has 0 aromatic heterocycles. The highest BCUT2D eigenvalue weighted by atomic mass is 16.5. The molecule has 0 aliphatic carbocycles. The smallest absolute Gasteiger partial charge is 0.408 e. The second-order valence-corrected chi connectivity index (χ2v) is 7.34. The topological polar surface area (TPSA) is 125 Å². The third-order valence-electron chi connectivity index (χ3n) is 4.97. The van der Waals surface area contributed by atoms with Gasteiger partial charge in [0.15, 0.2) is 0 Å². The molecule has 2 amide bonds. The van der Waals surface area contributed by atoms with E-state index in [0.717, 1.165) is 5.56 Å². The van der Waals surface area contributed by atoms with Crippen molar-refractivity contribution in [2.24, 2.45) is 5.92 Å². The van der Waals surface area contributed by atoms with Gasteiger partial charge in [-0.15, -0.1) is 0 Å². The standard InChI is InChI=1S/C23H28N2O6/c1-3-15(2)20(22(28)29)25-21(27)19(13-16-9-11-18(26)12-10-16)24-23(30)31-14-17-7-5-4-6-8-17/h4-12,15,19-20,26H,3,13-14H2,1-2H3,(H,24,30)(H,25,27)(H,28,29)/t15-,19-,20-/m0/s1. The lowest BCUT2D eigenvalue weighted by atomic mass is 9.98. The number of carbonyl (C=O) groups is 3. The van der Waals surface area contributed by atoms with E-state index in [-0.39, 0.29) is 24.7 Å². The van der Waals surface area contributed by atoms with Crippen molar-refractivity contribution in [3.05, 3.63) is 65.7 Å². The number of ether oxygens (including phenoxy) is 1. The Morgan fingerprint density at radius 2 is 1.61 bits per heavy atom. The van der Waals surface area contributed by atoms with Crippen LogP contribution in [0.1, 0.15) is 31.4 Å². The molecule has 0 heterocycles. The Labute approximate surface area is 181 Å². The number of nitrogens with one attached hydrogen (secondary N) is 2.